The van der Waals surface area contributed by atoms with Crippen molar-refractivity contribution in [3.8, 4) is 6.07 Å². The Balaban J connectivity index is 2.27. The second-order valence-electron chi connectivity index (χ2n) is 5.97. The van der Waals surface area contributed by atoms with Crippen LogP contribution in [0.1, 0.15) is 32.4 Å². The smallest absolute Gasteiger partial charge is 0.408 e. The van der Waals surface area contributed by atoms with Crippen LogP contribution in [0.2, 0.25) is 0 Å². The zero-order chi connectivity index (χ0) is 16.2. The normalized spacial score (nSPS) is 18.3. The summed E-state index contributed by atoms with van der Waals surface area (Å²) in [5.41, 5.74) is 0.345. The lowest BCUT2D eigenvalue weighted by Gasteiger charge is -2.31. The van der Waals surface area contributed by atoms with Crippen LogP contribution in [-0.2, 0) is 4.74 Å². The average molecular weight is 336 g/mol. The van der Waals surface area contributed by atoms with E-state index in [2.05, 4.69) is 11.4 Å². The molecule has 0 aliphatic carbocycles. The van der Waals surface area contributed by atoms with Crippen LogP contribution in [0.5, 0.6) is 0 Å². The van der Waals surface area contributed by atoms with Gasteiger partial charge in [0.25, 0.3) is 0 Å². The van der Waals surface area contributed by atoms with Gasteiger partial charge in [0.1, 0.15) is 5.60 Å². The molecule has 1 heterocycles. The van der Waals surface area contributed by atoms with Gasteiger partial charge in [-0.15, -0.1) is 23.5 Å². The van der Waals surface area contributed by atoms with Crippen molar-refractivity contribution < 1.29 is 9.53 Å². The molecule has 0 saturated carbocycles. The first-order valence-electron chi connectivity index (χ1n) is 7.10. The third kappa shape index (κ3) is 4.11. The Hall–Kier alpha value is -1.32. The molecule has 1 fully saturated rings. The van der Waals surface area contributed by atoms with Gasteiger partial charge in [-0.25, -0.2) is 4.79 Å². The zero-order valence-electron chi connectivity index (χ0n) is 13.0. The lowest BCUT2D eigenvalue weighted by molar-refractivity contribution is 0.0503. The van der Waals surface area contributed by atoms with E-state index in [9.17, 15) is 10.1 Å². The van der Waals surface area contributed by atoms with Gasteiger partial charge in [-0.05, 0) is 26.3 Å². The fourth-order valence-corrected chi connectivity index (χ4v) is 5.15. The largest absolute Gasteiger partial charge is 0.444 e. The molecule has 1 N–H and O–H groups in total. The van der Waals surface area contributed by atoms with Crippen LogP contribution < -0.4 is 5.32 Å². The van der Waals surface area contributed by atoms with Gasteiger partial charge in [-0.1, -0.05) is 30.3 Å². The maximum atomic E-state index is 12.2. The van der Waals surface area contributed by atoms with E-state index < -0.39 is 21.8 Å². The highest BCUT2D eigenvalue weighted by Gasteiger charge is 2.46. The zero-order valence-corrected chi connectivity index (χ0v) is 14.6. The first-order chi connectivity index (χ1) is 10.4. The van der Waals surface area contributed by atoms with Crippen molar-refractivity contribution in [2.45, 2.75) is 36.5 Å². The number of carbonyl (C=O) groups is 1. The molecule has 0 aromatic heterocycles. The van der Waals surface area contributed by atoms with Gasteiger partial charge in [0.05, 0.1) is 12.1 Å². The van der Waals surface area contributed by atoms with Crippen LogP contribution in [0.3, 0.4) is 0 Å². The highest BCUT2D eigenvalue weighted by atomic mass is 32.2. The molecule has 118 valence electrons. The average Bonchev–Trinajstić information content (AvgIpc) is 2.94. The predicted molar refractivity (Wildman–Crippen MR) is 91.8 cm³/mol. The Morgan fingerprint density at radius 1 is 1.32 bits per heavy atom. The van der Waals surface area contributed by atoms with Gasteiger partial charge >= 0.3 is 6.09 Å². The fourth-order valence-electron chi connectivity index (χ4n) is 2.19. The third-order valence-electron chi connectivity index (χ3n) is 3.05. The van der Waals surface area contributed by atoms with Crippen molar-refractivity contribution in [1.29, 1.82) is 5.26 Å². The number of hydrogen-bond donors (Lipinski definition) is 1. The van der Waals surface area contributed by atoms with Gasteiger partial charge in [-0.2, -0.15) is 5.26 Å². The van der Waals surface area contributed by atoms with Crippen molar-refractivity contribution in [1.82, 2.24) is 5.32 Å². The SMILES string of the molecule is CC(C)(C)OC(=O)N[C@@H](c1ccccc1)C1(C#N)SCCS1. The van der Waals surface area contributed by atoms with Gasteiger partial charge in [-0.3, -0.25) is 0 Å². The molecule has 6 heteroatoms. The number of thioether (sulfide) groups is 2. The number of carbonyl (C=O) groups excluding carboxylic acids is 1. The van der Waals surface area contributed by atoms with E-state index in [1.54, 1.807) is 23.5 Å². The molecule has 0 unspecified atom stereocenters. The number of benzene rings is 1. The highest BCUT2D eigenvalue weighted by Crippen LogP contribution is 2.51. The minimum atomic E-state index is -0.710. The standard InChI is InChI=1S/C16H20N2O2S2/c1-15(2,3)20-14(19)18-13(12-7-5-4-6-8-12)16(11-17)21-9-10-22-16/h4-8,13H,9-10H2,1-3H3,(H,18,19)/t13-/m0/s1. The van der Waals surface area contributed by atoms with Crippen molar-refractivity contribution in [2.24, 2.45) is 0 Å². The van der Waals surface area contributed by atoms with Crippen LogP contribution in [0.15, 0.2) is 30.3 Å². The molecule has 4 nitrogen and oxygen atoms in total. The second kappa shape index (κ2) is 6.84. The molecule has 1 aliphatic rings. The minimum Gasteiger partial charge on any atom is -0.444 e. The molecule has 1 aromatic rings. The van der Waals surface area contributed by atoms with E-state index in [1.165, 1.54) is 0 Å². The minimum absolute atomic E-state index is 0.411. The Labute approximate surface area is 140 Å². The van der Waals surface area contributed by atoms with E-state index in [0.717, 1.165) is 17.1 Å². The Morgan fingerprint density at radius 3 is 2.41 bits per heavy atom. The van der Waals surface area contributed by atoms with Crippen LogP contribution in [0.4, 0.5) is 4.79 Å². The summed E-state index contributed by atoms with van der Waals surface area (Å²) < 4.78 is 4.65. The second-order valence-corrected chi connectivity index (χ2v) is 8.91. The monoisotopic (exact) mass is 336 g/mol. The summed E-state index contributed by atoms with van der Waals surface area (Å²) >= 11 is 3.17. The van der Waals surface area contributed by atoms with Gasteiger partial charge in [0.2, 0.25) is 0 Å². The summed E-state index contributed by atoms with van der Waals surface area (Å²) in [4.78, 5) is 12.2. The molecular weight excluding hydrogens is 316 g/mol. The van der Waals surface area contributed by atoms with Crippen LogP contribution in [0, 0.1) is 11.3 Å². The van der Waals surface area contributed by atoms with E-state index in [4.69, 9.17) is 4.74 Å². The van der Waals surface area contributed by atoms with Gasteiger partial charge in [0.15, 0.2) is 4.08 Å². The Kier molecular flexibility index (Phi) is 5.30. The first kappa shape index (κ1) is 17.0. The molecule has 22 heavy (non-hydrogen) atoms. The van der Waals surface area contributed by atoms with Gasteiger partial charge < -0.3 is 10.1 Å². The summed E-state index contributed by atoms with van der Waals surface area (Å²) in [5, 5.41) is 12.6. The van der Waals surface area contributed by atoms with E-state index in [1.807, 2.05) is 51.1 Å². The van der Waals surface area contributed by atoms with Crippen LogP contribution in [0.25, 0.3) is 0 Å². The summed E-state index contributed by atoms with van der Waals surface area (Å²) in [6, 6.07) is 11.6. The van der Waals surface area contributed by atoms with E-state index >= 15 is 0 Å². The molecule has 1 saturated heterocycles. The number of nitrogens with one attached hydrogen (secondary N) is 1. The van der Waals surface area contributed by atoms with E-state index in [0.29, 0.717) is 0 Å². The topological polar surface area (TPSA) is 62.1 Å². The molecule has 1 atom stereocenters. The summed E-state index contributed by atoms with van der Waals surface area (Å²) in [7, 11) is 0. The van der Waals surface area contributed by atoms with Crippen molar-refractivity contribution >= 4 is 29.6 Å². The van der Waals surface area contributed by atoms with Crippen molar-refractivity contribution in [3.05, 3.63) is 35.9 Å². The number of amides is 1. The van der Waals surface area contributed by atoms with Gasteiger partial charge in [0, 0.05) is 11.5 Å². The third-order valence-corrected chi connectivity index (χ3v) is 6.34. The predicted octanol–water partition coefficient (Wildman–Crippen LogP) is 3.95. The fraction of sp³-hybridized carbons (Fsp3) is 0.500. The number of alkyl carbamates (subject to hydrolysis) is 1. The lowest BCUT2D eigenvalue weighted by Crippen LogP contribution is -2.42. The molecule has 1 amide bonds. The van der Waals surface area contributed by atoms with Crippen LogP contribution in [-0.4, -0.2) is 27.3 Å². The number of rotatable bonds is 3. The number of hydrogen-bond acceptors (Lipinski definition) is 5. The molecule has 0 bridgehead atoms. The molecule has 0 spiro atoms. The molecule has 2 rings (SSSR count). The van der Waals surface area contributed by atoms with E-state index in [-0.39, 0.29) is 0 Å². The molecule has 0 radical (unpaired) electrons. The molecular formula is C16H20N2O2S2. The maximum absolute atomic E-state index is 12.2. The summed E-state index contributed by atoms with van der Waals surface area (Å²) in [6.45, 7) is 5.47. The van der Waals surface area contributed by atoms with Crippen molar-refractivity contribution in [3.63, 3.8) is 0 Å². The number of nitriles is 1. The highest BCUT2D eigenvalue weighted by molar-refractivity contribution is 8.21. The first-order valence-corrected chi connectivity index (χ1v) is 9.07. The van der Waals surface area contributed by atoms with Crippen molar-refractivity contribution in [2.75, 3.05) is 11.5 Å². The quantitative estimate of drug-likeness (QED) is 0.905. The Bertz CT molecular complexity index is 558. The Morgan fingerprint density at radius 2 is 1.91 bits per heavy atom. The number of ether oxygens (including phenoxy) is 1. The number of nitrogens with zero attached hydrogens (tertiary/aromatic N) is 1. The maximum Gasteiger partial charge on any atom is 0.408 e. The molecule has 1 aromatic carbocycles. The lowest BCUT2D eigenvalue weighted by atomic mass is 10.0. The molecule has 1 aliphatic heterocycles. The summed E-state index contributed by atoms with van der Waals surface area (Å²) in [5.74, 6) is 1.80. The van der Waals surface area contributed by atoms with Crippen LogP contribution >= 0.6 is 23.5 Å². The summed E-state index contributed by atoms with van der Waals surface area (Å²) in [6.07, 6.45) is -0.496.